The lowest BCUT2D eigenvalue weighted by Crippen LogP contribution is -2.34. The average molecular weight is 508 g/mol. The van der Waals surface area contributed by atoms with Crippen LogP contribution in [0.2, 0.25) is 0 Å². The highest BCUT2D eigenvalue weighted by Gasteiger charge is 2.26. The maximum atomic E-state index is 13.7. The molecule has 7 heteroatoms. The number of pyridine rings is 1. The quantitative estimate of drug-likeness (QED) is 0.305. The standard InChI is InChI=1S/C31H33N5O2/c1-20(2)17-35-18-23(16-34-35)27-12-11-21(15-32-27)13-22-14-26-30(25-8-4-3-7-24(22)25)33-19-36(31(26)38)28-9-5-6-10-29(28)37/h3-4,7-8,11-12,14-16,18-20,28-29,37H,5-6,9-10,13,17H2,1-2H3/t28-,29-/m0/s1. The molecular weight excluding hydrogens is 474 g/mol. The van der Waals surface area contributed by atoms with E-state index in [4.69, 9.17) is 9.97 Å². The zero-order valence-corrected chi connectivity index (χ0v) is 21.9. The molecule has 0 saturated heterocycles. The third kappa shape index (κ3) is 4.63. The Hall–Kier alpha value is -3.84. The van der Waals surface area contributed by atoms with Crippen LogP contribution in [0.25, 0.3) is 32.9 Å². The molecule has 3 heterocycles. The fraction of sp³-hybridized carbons (Fsp3) is 0.355. The van der Waals surface area contributed by atoms with E-state index >= 15 is 0 Å². The number of hydrogen-bond acceptors (Lipinski definition) is 5. The Kier molecular flexibility index (Phi) is 6.54. The van der Waals surface area contributed by atoms with E-state index in [9.17, 15) is 9.90 Å². The molecular formula is C31H33N5O2. The van der Waals surface area contributed by atoms with Gasteiger partial charge in [0.2, 0.25) is 0 Å². The molecule has 5 aromatic rings. The van der Waals surface area contributed by atoms with E-state index in [2.05, 4.69) is 31.1 Å². The van der Waals surface area contributed by atoms with Crippen molar-refractivity contribution in [3.05, 3.63) is 88.9 Å². The summed E-state index contributed by atoms with van der Waals surface area (Å²) in [6, 6.07) is 14.0. The van der Waals surface area contributed by atoms with Gasteiger partial charge in [-0.3, -0.25) is 19.0 Å². The van der Waals surface area contributed by atoms with Crippen molar-refractivity contribution < 1.29 is 5.11 Å². The van der Waals surface area contributed by atoms with Gasteiger partial charge in [-0.05, 0) is 53.8 Å². The third-order valence-corrected chi connectivity index (χ3v) is 7.63. The van der Waals surface area contributed by atoms with Crippen LogP contribution in [0, 0.1) is 5.92 Å². The van der Waals surface area contributed by atoms with Gasteiger partial charge in [-0.2, -0.15) is 5.10 Å². The first-order valence-corrected chi connectivity index (χ1v) is 13.5. The second-order valence-electron chi connectivity index (χ2n) is 10.9. The molecule has 1 fully saturated rings. The summed E-state index contributed by atoms with van der Waals surface area (Å²) in [5.41, 5.74) is 4.66. The van der Waals surface area contributed by atoms with E-state index < -0.39 is 6.10 Å². The molecule has 7 nitrogen and oxygen atoms in total. The molecule has 194 valence electrons. The Balaban J connectivity index is 1.36. The number of nitrogens with zero attached hydrogens (tertiary/aromatic N) is 5. The average Bonchev–Trinajstić information content (AvgIpc) is 3.38. The van der Waals surface area contributed by atoms with Gasteiger partial charge in [0.15, 0.2) is 0 Å². The summed E-state index contributed by atoms with van der Waals surface area (Å²) in [5, 5.41) is 17.7. The lowest BCUT2D eigenvalue weighted by molar-refractivity contribution is 0.0735. The van der Waals surface area contributed by atoms with E-state index in [0.717, 1.165) is 65.4 Å². The first kappa shape index (κ1) is 24.5. The van der Waals surface area contributed by atoms with Gasteiger partial charge in [-0.25, -0.2) is 4.98 Å². The van der Waals surface area contributed by atoms with Crippen LogP contribution in [-0.2, 0) is 13.0 Å². The van der Waals surface area contributed by atoms with Crippen LogP contribution in [0.5, 0.6) is 0 Å². The van der Waals surface area contributed by atoms with Crippen molar-refractivity contribution in [2.45, 2.75) is 64.6 Å². The summed E-state index contributed by atoms with van der Waals surface area (Å²) in [4.78, 5) is 23.1. The van der Waals surface area contributed by atoms with E-state index in [1.165, 1.54) is 0 Å². The molecule has 0 bridgehead atoms. The van der Waals surface area contributed by atoms with Gasteiger partial charge < -0.3 is 5.11 Å². The smallest absolute Gasteiger partial charge is 0.261 e. The highest BCUT2D eigenvalue weighted by molar-refractivity contribution is 6.06. The molecule has 0 unspecified atom stereocenters. The van der Waals surface area contributed by atoms with Crippen molar-refractivity contribution in [1.29, 1.82) is 0 Å². The Morgan fingerprint density at radius 2 is 1.82 bits per heavy atom. The van der Waals surface area contributed by atoms with Gasteiger partial charge >= 0.3 is 0 Å². The Morgan fingerprint density at radius 1 is 1.00 bits per heavy atom. The summed E-state index contributed by atoms with van der Waals surface area (Å²) in [6.45, 7) is 5.23. The minimum Gasteiger partial charge on any atom is -0.391 e. The van der Waals surface area contributed by atoms with Crippen molar-refractivity contribution in [3.8, 4) is 11.3 Å². The lowest BCUT2D eigenvalue weighted by Gasteiger charge is -2.29. The SMILES string of the molecule is CC(C)Cn1cc(-c2ccc(Cc3cc4c(=O)n([C@H]5CCCC[C@@H]5O)cnc4c4ccccc34)cn2)cn1. The van der Waals surface area contributed by atoms with Crippen molar-refractivity contribution in [3.63, 3.8) is 0 Å². The molecule has 1 N–H and O–H groups in total. The third-order valence-electron chi connectivity index (χ3n) is 7.63. The van der Waals surface area contributed by atoms with Crippen molar-refractivity contribution in [2.75, 3.05) is 0 Å². The van der Waals surface area contributed by atoms with E-state index in [0.29, 0.717) is 23.2 Å². The van der Waals surface area contributed by atoms with Gasteiger partial charge in [0, 0.05) is 29.9 Å². The predicted octanol–water partition coefficient (Wildman–Crippen LogP) is 5.53. The number of fused-ring (bicyclic) bond motifs is 3. The molecule has 2 atom stereocenters. The Labute approximate surface area is 221 Å². The van der Waals surface area contributed by atoms with Crippen molar-refractivity contribution in [2.24, 2.45) is 5.92 Å². The Bertz CT molecular complexity index is 1650. The zero-order valence-electron chi connectivity index (χ0n) is 21.9. The number of benzene rings is 2. The zero-order chi connectivity index (χ0) is 26.2. The fourth-order valence-corrected chi connectivity index (χ4v) is 5.74. The van der Waals surface area contributed by atoms with Crippen LogP contribution in [0.1, 0.15) is 56.7 Å². The summed E-state index contributed by atoms with van der Waals surface area (Å²) in [6.07, 6.45) is 11.1. The first-order chi connectivity index (χ1) is 18.5. The van der Waals surface area contributed by atoms with Crippen molar-refractivity contribution >= 4 is 21.7 Å². The molecule has 0 spiro atoms. The lowest BCUT2D eigenvalue weighted by atomic mass is 9.92. The summed E-state index contributed by atoms with van der Waals surface area (Å²) in [7, 11) is 0. The topological polar surface area (TPSA) is 85.8 Å². The maximum Gasteiger partial charge on any atom is 0.261 e. The number of hydrogen-bond donors (Lipinski definition) is 1. The molecule has 38 heavy (non-hydrogen) atoms. The molecule has 1 saturated carbocycles. The van der Waals surface area contributed by atoms with Gasteiger partial charge in [0.05, 0.1) is 41.3 Å². The fourth-order valence-electron chi connectivity index (χ4n) is 5.74. The van der Waals surface area contributed by atoms with Crippen LogP contribution in [0.15, 0.2) is 72.2 Å². The molecule has 0 radical (unpaired) electrons. The highest BCUT2D eigenvalue weighted by atomic mass is 16.3. The summed E-state index contributed by atoms with van der Waals surface area (Å²) >= 11 is 0. The van der Waals surface area contributed by atoms with Gasteiger partial charge in [0.25, 0.3) is 5.56 Å². The molecule has 6 rings (SSSR count). The summed E-state index contributed by atoms with van der Waals surface area (Å²) < 4.78 is 3.62. The second kappa shape index (κ2) is 10.1. The van der Waals surface area contributed by atoms with Gasteiger partial charge in [-0.15, -0.1) is 0 Å². The molecule has 0 aliphatic heterocycles. The number of aromatic nitrogens is 5. The normalized spacial score (nSPS) is 18.0. The molecule has 1 aliphatic rings. The molecule has 1 aliphatic carbocycles. The molecule has 2 aromatic carbocycles. The molecule has 3 aromatic heterocycles. The first-order valence-electron chi connectivity index (χ1n) is 13.5. The van der Waals surface area contributed by atoms with Crippen molar-refractivity contribution in [1.82, 2.24) is 24.3 Å². The monoisotopic (exact) mass is 507 g/mol. The van der Waals surface area contributed by atoms with Crippen LogP contribution >= 0.6 is 0 Å². The van der Waals surface area contributed by atoms with Crippen LogP contribution < -0.4 is 5.56 Å². The predicted molar refractivity (Wildman–Crippen MR) is 150 cm³/mol. The maximum absolute atomic E-state index is 13.7. The van der Waals surface area contributed by atoms with Gasteiger partial charge in [0.1, 0.15) is 0 Å². The Morgan fingerprint density at radius 3 is 2.58 bits per heavy atom. The number of rotatable bonds is 6. The highest BCUT2D eigenvalue weighted by Crippen LogP contribution is 2.31. The summed E-state index contributed by atoms with van der Waals surface area (Å²) in [5.74, 6) is 0.530. The van der Waals surface area contributed by atoms with Crippen LogP contribution in [0.3, 0.4) is 0 Å². The van der Waals surface area contributed by atoms with E-state index in [1.807, 2.05) is 53.6 Å². The van der Waals surface area contributed by atoms with Crippen LogP contribution in [0.4, 0.5) is 0 Å². The minimum absolute atomic E-state index is 0.0835. The minimum atomic E-state index is -0.511. The number of aliphatic hydroxyl groups is 1. The second-order valence-corrected chi connectivity index (χ2v) is 10.9. The van der Waals surface area contributed by atoms with E-state index in [1.54, 1.807) is 10.9 Å². The molecule has 0 amide bonds. The number of aliphatic hydroxyl groups excluding tert-OH is 1. The van der Waals surface area contributed by atoms with Crippen LogP contribution in [-0.4, -0.2) is 35.5 Å². The largest absolute Gasteiger partial charge is 0.391 e. The van der Waals surface area contributed by atoms with E-state index in [-0.39, 0.29) is 11.6 Å². The van der Waals surface area contributed by atoms with Gasteiger partial charge in [-0.1, -0.05) is 57.0 Å².